The van der Waals surface area contributed by atoms with E-state index in [1.807, 2.05) is 54.6 Å². The number of esters is 1. The zero-order valence-electron chi connectivity index (χ0n) is 27.3. The summed E-state index contributed by atoms with van der Waals surface area (Å²) >= 11 is 0. The van der Waals surface area contributed by atoms with Crippen LogP contribution >= 0.6 is 0 Å². The molecular weight excluding hydrogens is 628 g/mol. The predicted octanol–water partition coefficient (Wildman–Crippen LogP) is 7.64. The van der Waals surface area contributed by atoms with Crippen LogP contribution in [-0.2, 0) is 10.3 Å². The molecule has 1 N–H and O–H groups in total. The molecule has 50 heavy (non-hydrogen) atoms. The summed E-state index contributed by atoms with van der Waals surface area (Å²) in [4.78, 5) is 28.7. The van der Waals surface area contributed by atoms with Crippen LogP contribution in [0.25, 0.3) is 33.4 Å². The number of rotatable bonds is 3. The van der Waals surface area contributed by atoms with E-state index in [-0.39, 0.29) is 5.56 Å². The molecule has 2 fully saturated rings. The van der Waals surface area contributed by atoms with Crippen molar-refractivity contribution in [3.8, 4) is 33.9 Å². The van der Waals surface area contributed by atoms with Crippen LogP contribution in [0.15, 0.2) is 101 Å². The Bertz CT molecular complexity index is 2470. The summed E-state index contributed by atoms with van der Waals surface area (Å²) in [7, 11) is 0. The summed E-state index contributed by atoms with van der Waals surface area (Å²) in [6, 6.07) is 30.8. The third kappa shape index (κ3) is 4.14. The third-order valence-corrected chi connectivity index (χ3v) is 10.9. The van der Waals surface area contributed by atoms with Gasteiger partial charge in [-0.15, -0.1) is 0 Å². The number of hydrogen-bond acceptors (Lipinski definition) is 6. The molecule has 4 aromatic carbocycles. The summed E-state index contributed by atoms with van der Waals surface area (Å²) in [6.45, 7) is 3.93. The van der Waals surface area contributed by atoms with Gasteiger partial charge in [0.2, 0.25) is 5.36 Å². The molecule has 246 valence electrons. The molecule has 0 bridgehead atoms. The molecule has 8 nitrogen and oxygen atoms in total. The number of carboxylic acids is 1. The lowest BCUT2D eigenvalue weighted by Gasteiger charge is -2.37. The molecule has 2 saturated heterocycles. The lowest BCUT2D eigenvalue weighted by molar-refractivity contribution is 0.0224. The van der Waals surface area contributed by atoms with Crippen molar-refractivity contribution in [3.63, 3.8) is 0 Å². The van der Waals surface area contributed by atoms with E-state index in [0.29, 0.717) is 44.9 Å². The van der Waals surface area contributed by atoms with Gasteiger partial charge in [-0.25, -0.2) is 14.2 Å². The maximum atomic E-state index is 13.7. The highest BCUT2D eigenvalue weighted by atomic mass is 16.6. The van der Waals surface area contributed by atoms with E-state index < -0.39 is 17.5 Å². The van der Waals surface area contributed by atoms with Gasteiger partial charge in [0.25, 0.3) is 0 Å². The molecule has 5 heterocycles. The van der Waals surface area contributed by atoms with Crippen molar-refractivity contribution in [2.75, 3.05) is 31.1 Å². The second kappa shape index (κ2) is 10.8. The molecule has 0 radical (unpaired) electrons. The van der Waals surface area contributed by atoms with Crippen LogP contribution in [0.4, 0.5) is 5.69 Å². The molecule has 4 aromatic rings. The number of fused-ring (bicyclic) bond motifs is 8. The van der Waals surface area contributed by atoms with Crippen molar-refractivity contribution >= 4 is 28.6 Å². The molecule has 0 saturated carbocycles. The van der Waals surface area contributed by atoms with E-state index >= 15 is 0 Å². The fraction of sp³-hybridized carbons (Fsp3) is 0.214. The summed E-state index contributed by atoms with van der Waals surface area (Å²) < 4.78 is 22.4. The van der Waals surface area contributed by atoms with Gasteiger partial charge in [-0.3, -0.25) is 0 Å². The Morgan fingerprint density at radius 2 is 1.50 bits per heavy atom. The number of anilines is 1. The zero-order chi connectivity index (χ0) is 33.6. The first-order valence-corrected chi connectivity index (χ1v) is 17.4. The van der Waals surface area contributed by atoms with Crippen LogP contribution < -0.4 is 19.6 Å². The fourth-order valence-corrected chi connectivity index (χ4v) is 8.56. The average Bonchev–Trinajstić information content (AvgIpc) is 3.93. The maximum absolute atomic E-state index is 13.7. The molecule has 0 aromatic heterocycles. The predicted molar refractivity (Wildman–Crippen MR) is 189 cm³/mol. The van der Waals surface area contributed by atoms with Gasteiger partial charge >= 0.3 is 11.9 Å². The van der Waals surface area contributed by atoms with Crippen molar-refractivity contribution in [2.24, 2.45) is 0 Å². The topological polar surface area (TPSA) is 92.2 Å². The van der Waals surface area contributed by atoms with Gasteiger partial charge in [-0.2, -0.15) is 0 Å². The zero-order valence-corrected chi connectivity index (χ0v) is 27.3. The number of nitrogens with zero attached hydrogens (tertiary/aromatic N) is 2. The van der Waals surface area contributed by atoms with E-state index in [4.69, 9.17) is 13.9 Å². The quantitative estimate of drug-likeness (QED) is 0.118. The molecule has 5 aliphatic heterocycles. The normalized spacial score (nSPS) is 19.1. The molecule has 1 spiro atoms. The van der Waals surface area contributed by atoms with Crippen LogP contribution in [0.5, 0.6) is 11.5 Å². The van der Waals surface area contributed by atoms with Crippen LogP contribution in [0, 0.1) is 0 Å². The first-order chi connectivity index (χ1) is 24.5. The summed E-state index contributed by atoms with van der Waals surface area (Å²) in [5, 5.41) is 12.1. The van der Waals surface area contributed by atoms with Crippen molar-refractivity contribution < 1.29 is 28.6 Å². The smallest absolute Gasteiger partial charge is 0.340 e. The minimum atomic E-state index is -1.29. The third-order valence-electron chi connectivity index (χ3n) is 10.9. The highest BCUT2D eigenvalue weighted by molar-refractivity contribution is 6.08. The summed E-state index contributed by atoms with van der Waals surface area (Å²) in [5.74, 6) is 0.369. The summed E-state index contributed by atoms with van der Waals surface area (Å²) in [6.07, 6.45) is 4.57. The Morgan fingerprint density at radius 1 is 0.740 bits per heavy atom. The average molecular weight is 662 g/mol. The molecule has 1 aliphatic carbocycles. The number of carboxylic acid groups (broad SMARTS) is 1. The Labute approximate surface area is 287 Å². The van der Waals surface area contributed by atoms with Gasteiger partial charge in [0.1, 0.15) is 35.9 Å². The van der Waals surface area contributed by atoms with Crippen LogP contribution in [0.1, 0.15) is 63.1 Å². The van der Waals surface area contributed by atoms with Crippen molar-refractivity contribution in [3.05, 3.63) is 130 Å². The van der Waals surface area contributed by atoms with Gasteiger partial charge in [0.05, 0.1) is 17.2 Å². The van der Waals surface area contributed by atoms with E-state index in [0.717, 1.165) is 85.2 Å². The van der Waals surface area contributed by atoms with E-state index in [9.17, 15) is 14.7 Å². The molecule has 8 heteroatoms. The number of aromatic carboxylic acids is 1. The highest BCUT2D eigenvalue weighted by Gasteiger charge is 2.54. The monoisotopic (exact) mass is 661 g/mol. The van der Waals surface area contributed by atoms with Crippen LogP contribution in [-0.4, -0.2) is 43.2 Å². The first kappa shape index (κ1) is 29.1. The molecule has 0 unspecified atom stereocenters. The number of carbonyl (C=O) groups is 2. The SMILES string of the molecule is O=C(O)c1ccccc1-c1c2ccc(=[N+]3CCCC3)cc-2oc2cc3c(cc12)[C@@]1(OC(=O)c2ccccc21)c1ccc(N2CCCC2)cc1O3. The molecule has 1 atom stereocenters. The van der Waals surface area contributed by atoms with E-state index in [2.05, 4.69) is 33.7 Å². The standard InChI is InChI=1S/C42H32N2O6/c45-40(46)28-10-2-1-9-27(28)39-30-15-13-25(43-17-5-6-18-43)21-35(30)48-36-24-38-34(23-31(36)39)42(32-12-4-3-11-29(32)41(47)50-42)33-16-14-26(22-37(33)49-38)44-19-7-8-20-44/h1-4,9-16,21-24H,5-8,17-20H2/p+1/t42-/m0/s1. The van der Waals surface area contributed by atoms with Gasteiger partial charge in [0, 0.05) is 83.0 Å². The van der Waals surface area contributed by atoms with Gasteiger partial charge in [-0.05, 0) is 54.8 Å². The fourth-order valence-electron chi connectivity index (χ4n) is 8.56. The number of carbonyl (C=O) groups excluding carboxylic acids is 1. The lowest BCUT2D eigenvalue weighted by Crippen LogP contribution is -2.33. The van der Waals surface area contributed by atoms with Gasteiger partial charge < -0.3 is 23.9 Å². The maximum Gasteiger partial charge on any atom is 0.340 e. The highest BCUT2D eigenvalue weighted by Crippen LogP contribution is 2.58. The minimum absolute atomic E-state index is 0.186. The Morgan fingerprint density at radius 3 is 2.32 bits per heavy atom. The van der Waals surface area contributed by atoms with Crippen molar-refractivity contribution in [1.82, 2.24) is 4.58 Å². The Hall–Kier alpha value is -5.89. The first-order valence-electron chi connectivity index (χ1n) is 17.4. The molecule has 10 rings (SSSR count). The lowest BCUT2D eigenvalue weighted by atomic mass is 9.76. The van der Waals surface area contributed by atoms with Crippen molar-refractivity contribution in [1.29, 1.82) is 0 Å². The number of hydrogen-bond donors (Lipinski definition) is 1. The van der Waals surface area contributed by atoms with Crippen LogP contribution in [0.3, 0.4) is 0 Å². The molecular formula is C42H33N2O6+. The van der Waals surface area contributed by atoms with E-state index in [1.165, 1.54) is 0 Å². The summed E-state index contributed by atoms with van der Waals surface area (Å²) in [5.41, 5.74) is 5.25. The van der Waals surface area contributed by atoms with Crippen LogP contribution in [0.2, 0.25) is 0 Å². The second-order valence-corrected chi connectivity index (χ2v) is 13.6. The largest absolute Gasteiger partial charge is 0.478 e. The Balaban J connectivity index is 1.30. The molecule has 6 aliphatic rings. The van der Waals surface area contributed by atoms with Crippen molar-refractivity contribution in [2.45, 2.75) is 31.3 Å². The number of benzene rings is 5. The molecule has 0 amide bonds. The van der Waals surface area contributed by atoms with Gasteiger partial charge in [-0.1, -0.05) is 36.4 Å². The second-order valence-electron chi connectivity index (χ2n) is 13.6. The Kier molecular flexibility index (Phi) is 6.28. The number of ether oxygens (including phenoxy) is 2. The van der Waals surface area contributed by atoms with Gasteiger partial charge in [0.15, 0.2) is 5.60 Å². The minimum Gasteiger partial charge on any atom is -0.478 e. The van der Waals surface area contributed by atoms with E-state index in [1.54, 1.807) is 18.2 Å².